The van der Waals surface area contributed by atoms with E-state index >= 15 is 0 Å². The monoisotopic (exact) mass is 559 g/mol. The molecule has 0 saturated carbocycles. The Morgan fingerprint density at radius 3 is 2.61 bits per heavy atom. The molecule has 1 unspecified atom stereocenters. The molecule has 0 N–H and O–H groups in total. The molecular formula is C23H24ClFINO4. The average molecular weight is 560 g/mol. The van der Waals surface area contributed by atoms with E-state index in [1.165, 1.54) is 12.1 Å². The van der Waals surface area contributed by atoms with Crippen molar-refractivity contribution in [1.82, 2.24) is 4.90 Å². The number of benzene rings is 2. The number of hydrogen-bond donors (Lipinski definition) is 0. The largest absolute Gasteiger partial charge is 0.484 e. The smallest absolute Gasteiger partial charge is 0.410 e. The maximum Gasteiger partial charge on any atom is 0.410 e. The van der Waals surface area contributed by atoms with Crippen LogP contribution in [0.25, 0.3) is 0 Å². The van der Waals surface area contributed by atoms with Gasteiger partial charge in [0.2, 0.25) is 5.78 Å². The molecule has 0 saturated heterocycles. The number of halogens is 3. The Balaban J connectivity index is 1.78. The maximum absolute atomic E-state index is 14.0. The summed E-state index contributed by atoms with van der Waals surface area (Å²) in [5.41, 5.74) is 1.45. The maximum atomic E-state index is 14.0. The molecule has 166 valence electrons. The highest BCUT2D eigenvalue weighted by Gasteiger charge is 2.33. The highest BCUT2D eigenvalue weighted by molar-refractivity contribution is 14.1. The predicted octanol–water partition coefficient (Wildman–Crippen LogP) is 6.20. The fraction of sp³-hybridized carbons (Fsp3) is 0.391. The molecule has 1 heterocycles. The third kappa shape index (κ3) is 5.49. The van der Waals surface area contributed by atoms with Crippen LogP contribution in [0.3, 0.4) is 0 Å². The summed E-state index contributed by atoms with van der Waals surface area (Å²) in [5.74, 6) is -0.644. The minimum atomic E-state index is -0.678. The van der Waals surface area contributed by atoms with E-state index in [0.29, 0.717) is 18.7 Å². The lowest BCUT2D eigenvalue weighted by Gasteiger charge is -2.37. The second kappa shape index (κ2) is 9.32. The van der Waals surface area contributed by atoms with Crippen LogP contribution in [0.15, 0.2) is 30.3 Å². The first-order valence-corrected chi connectivity index (χ1v) is 11.4. The van der Waals surface area contributed by atoms with Gasteiger partial charge in [0.05, 0.1) is 15.2 Å². The lowest BCUT2D eigenvalue weighted by Crippen LogP contribution is -2.42. The number of rotatable bonds is 4. The molecule has 3 rings (SSSR count). The van der Waals surface area contributed by atoms with E-state index in [2.05, 4.69) is 22.6 Å². The first-order chi connectivity index (χ1) is 14.5. The van der Waals surface area contributed by atoms with Gasteiger partial charge in [0.15, 0.2) is 6.61 Å². The quantitative estimate of drug-likeness (QED) is 0.331. The summed E-state index contributed by atoms with van der Waals surface area (Å²) < 4.78 is 26.1. The van der Waals surface area contributed by atoms with Crippen LogP contribution in [0.5, 0.6) is 5.75 Å². The molecular weight excluding hydrogens is 536 g/mol. The number of Topliss-reactive ketones (excluding diaryl/α,β-unsaturated/α-hetero) is 1. The molecule has 0 fully saturated rings. The third-order valence-electron chi connectivity index (χ3n) is 4.96. The van der Waals surface area contributed by atoms with Crippen LogP contribution in [-0.2, 0) is 11.2 Å². The topological polar surface area (TPSA) is 55.8 Å². The molecule has 0 aliphatic carbocycles. The summed E-state index contributed by atoms with van der Waals surface area (Å²) in [4.78, 5) is 26.7. The zero-order chi connectivity index (χ0) is 22.9. The molecule has 8 heteroatoms. The van der Waals surface area contributed by atoms with Crippen LogP contribution in [0.2, 0.25) is 5.02 Å². The van der Waals surface area contributed by atoms with Gasteiger partial charge in [0, 0.05) is 11.6 Å². The van der Waals surface area contributed by atoms with E-state index in [9.17, 15) is 14.0 Å². The molecule has 0 aromatic heterocycles. The zero-order valence-electron chi connectivity index (χ0n) is 17.8. The van der Waals surface area contributed by atoms with Crippen molar-refractivity contribution in [2.45, 2.75) is 45.8 Å². The standard InChI is InChI=1S/C23H24ClFINO4/c1-13-20-14(9-10-27(13)22(29)31-23(2,3)4)5-8-19(21(20)26)30-12-18(28)16-7-6-15(24)11-17(16)25/h5-8,11,13H,9-10,12H2,1-4H3. The van der Waals surface area contributed by atoms with E-state index in [-0.39, 0.29) is 29.3 Å². The van der Waals surface area contributed by atoms with Crippen LogP contribution in [-0.4, -0.2) is 35.5 Å². The Kier molecular flexibility index (Phi) is 7.15. The lowest BCUT2D eigenvalue weighted by atomic mass is 9.93. The zero-order valence-corrected chi connectivity index (χ0v) is 20.7. The number of ether oxygens (including phenoxy) is 2. The van der Waals surface area contributed by atoms with E-state index in [1.54, 1.807) is 4.90 Å². The molecule has 1 amide bonds. The summed E-state index contributed by atoms with van der Waals surface area (Å²) >= 11 is 7.91. The Labute approximate surface area is 200 Å². The highest BCUT2D eigenvalue weighted by Crippen LogP contribution is 2.38. The fourth-order valence-electron chi connectivity index (χ4n) is 3.49. The molecule has 2 aromatic rings. The minimum absolute atomic E-state index is 0.0677. The third-order valence-corrected chi connectivity index (χ3v) is 6.31. The van der Waals surface area contributed by atoms with Gasteiger partial charge in [-0.25, -0.2) is 9.18 Å². The fourth-order valence-corrected chi connectivity index (χ4v) is 4.78. The molecule has 0 radical (unpaired) electrons. The number of ketones is 1. The van der Waals surface area contributed by atoms with Gasteiger partial charge in [-0.1, -0.05) is 17.7 Å². The van der Waals surface area contributed by atoms with Crippen molar-refractivity contribution in [2.75, 3.05) is 13.2 Å². The van der Waals surface area contributed by atoms with Crippen LogP contribution < -0.4 is 4.74 Å². The van der Waals surface area contributed by atoms with E-state index in [0.717, 1.165) is 20.8 Å². The van der Waals surface area contributed by atoms with Crippen molar-refractivity contribution in [3.8, 4) is 5.75 Å². The van der Waals surface area contributed by atoms with Crippen LogP contribution >= 0.6 is 34.2 Å². The Hall–Kier alpha value is -1.87. The van der Waals surface area contributed by atoms with E-state index in [1.807, 2.05) is 39.8 Å². The van der Waals surface area contributed by atoms with Crippen molar-refractivity contribution in [2.24, 2.45) is 0 Å². The summed E-state index contributed by atoms with van der Waals surface area (Å²) in [7, 11) is 0. The molecule has 0 bridgehead atoms. The Morgan fingerprint density at radius 1 is 1.26 bits per heavy atom. The number of carbonyl (C=O) groups is 2. The summed E-state index contributed by atoms with van der Waals surface area (Å²) in [6.07, 6.45) is 0.338. The van der Waals surface area contributed by atoms with Gasteiger partial charge in [0.25, 0.3) is 0 Å². The Bertz CT molecular complexity index is 1020. The number of amides is 1. The van der Waals surface area contributed by atoms with Gasteiger partial charge >= 0.3 is 6.09 Å². The summed E-state index contributed by atoms with van der Waals surface area (Å²) in [6, 6.07) is 7.46. The molecule has 31 heavy (non-hydrogen) atoms. The van der Waals surface area contributed by atoms with E-state index < -0.39 is 17.2 Å². The Morgan fingerprint density at radius 2 is 1.97 bits per heavy atom. The number of nitrogens with zero attached hydrogens (tertiary/aromatic N) is 1. The van der Waals surface area contributed by atoms with Crippen molar-refractivity contribution in [1.29, 1.82) is 0 Å². The minimum Gasteiger partial charge on any atom is -0.484 e. The average Bonchev–Trinajstić information content (AvgIpc) is 2.65. The predicted molar refractivity (Wildman–Crippen MR) is 125 cm³/mol. The van der Waals surface area contributed by atoms with Crippen molar-refractivity contribution >= 4 is 46.1 Å². The van der Waals surface area contributed by atoms with Gasteiger partial charge in [-0.05, 0) is 92.1 Å². The molecule has 2 aromatic carbocycles. The first kappa shape index (κ1) is 23.8. The number of carbonyl (C=O) groups excluding carboxylic acids is 2. The molecule has 0 spiro atoms. The summed E-state index contributed by atoms with van der Waals surface area (Å²) in [5, 5.41) is 0.225. The van der Waals surface area contributed by atoms with Gasteiger partial charge < -0.3 is 14.4 Å². The van der Waals surface area contributed by atoms with E-state index in [4.69, 9.17) is 21.1 Å². The van der Waals surface area contributed by atoms with Crippen molar-refractivity contribution in [3.63, 3.8) is 0 Å². The first-order valence-electron chi connectivity index (χ1n) is 9.90. The lowest BCUT2D eigenvalue weighted by molar-refractivity contribution is 0.0158. The SMILES string of the molecule is CC1c2c(ccc(OCC(=O)c3ccc(Cl)cc3F)c2I)CCN1C(=O)OC(C)(C)C. The number of hydrogen-bond acceptors (Lipinski definition) is 4. The number of fused-ring (bicyclic) bond motifs is 1. The second-order valence-electron chi connectivity index (χ2n) is 8.39. The second-order valence-corrected chi connectivity index (χ2v) is 9.90. The van der Waals surface area contributed by atoms with Crippen molar-refractivity contribution in [3.05, 3.63) is 61.4 Å². The summed E-state index contributed by atoms with van der Waals surface area (Å²) in [6.45, 7) is 7.71. The molecule has 1 atom stereocenters. The van der Waals surface area contributed by atoms with Crippen LogP contribution in [0.4, 0.5) is 9.18 Å². The van der Waals surface area contributed by atoms with Gasteiger partial charge in [0.1, 0.15) is 17.2 Å². The van der Waals surface area contributed by atoms with Crippen LogP contribution in [0.1, 0.15) is 55.2 Å². The normalized spacial score (nSPS) is 16.0. The highest BCUT2D eigenvalue weighted by atomic mass is 127. The molecule has 1 aliphatic heterocycles. The molecule has 1 aliphatic rings. The van der Waals surface area contributed by atoms with Gasteiger partial charge in [-0.2, -0.15) is 0 Å². The van der Waals surface area contributed by atoms with Gasteiger partial charge in [-0.3, -0.25) is 4.79 Å². The van der Waals surface area contributed by atoms with Crippen LogP contribution in [0, 0.1) is 9.39 Å². The van der Waals surface area contributed by atoms with Gasteiger partial charge in [-0.15, -0.1) is 0 Å². The molecule has 5 nitrogen and oxygen atoms in total. The van der Waals surface area contributed by atoms with Crippen molar-refractivity contribution < 1.29 is 23.5 Å².